The molecule has 3 amide bonds. The minimum atomic E-state index is -0.768. The molecule has 2 aliphatic rings. The van der Waals surface area contributed by atoms with Crippen molar-refractivity contribution in [2.75, 3.05) is 25.0 Å². The molecule has 8 heteroatoms. The van der Waals surface area contributed by atoms with Crippen LogP contribution in [0.15, 0.2) is 18.2 Å². The molecule has 1 heterocycles. The van der Waals surface area contributed by atoms with Crippen LogP contribution in [-0.4, -0.2) is 47.5 Å². The number of fused-ring (bicyclic) bond motifs is 1. The van der Waals surface area contributed by atoms with Gasteiger partial charge in [0, 0.05) is 18.8 Å². The molecule has 27 heavy (non-hydrogen) atoms. The molecule has 3 rings (SSSR count). The number of benzene rings is 1. The van der Waals surface area contributed by atoms with E-state index in [4.69, 9.17) is 0 Å². The van der Waals surface area contributed by atoms with Gasteiger partial charge in [-0.3, -0.25) is 19.8 Å². The zero-order valence-corrected chi connectivity index (χ0v) is 16.4. The third kappa shape index (κ3) is 4.42. The lowest BCUT2D eigenvalue weighted by Gasteiger charge is -2.23. The summed E-state index contributed by atoms with van der Waals surface area (Å²) in [5.74, 6) is -1.10. The zero-order valence-electron chi connectivity index (χ0n) is 15.6. The minimum Gasteiger partial charge on any atom is -0.481 e. The number of carboxylic acids is 1. The average molecular weight is 396 g/mol. The Balaban J connectivity index is 0.00000261. The Morgan fingerprint density at radius 3 is 2.63 bits per heavy atom. The number of urea groups is 1. The largest absolute Gasteiger partial charge is 0.481 e. The van der Waals surface area contributed by atoms with E-state index in [1.807, 2.05) is 30.9 Å². The van der Waals surface area contributed by atoms with Gasteiger partial charge in [-0.2, -0.15) is 0 Å². The molecule has 1 aliphatic heterocycles. The smallest absolute Gasteiger partial charge is 0.325 e. The normalized spacial score (nSPS) is 24.0. The highest BCUT2D eigenvalue weighted by molar-refractivity contribution is 6.01. The van der Waals surface area contributed by atoms with E-state index in [0.717, 1.165) is 24.0 Å². The standard InChI is InChI=1S/C19H25N3O4.ClH/c1-12-5-6-15(8-13(12)2)20-18(26)21-16(23)10-22-9-14-4-3-7-19(14,11-22)17(24)25;/h5-6,8,14H,3-4,7,9-11H2,1-2H3,(H,24,25)(H2,20,21,23,26);1H/t14-,19+;/m0./s1. The summed E-state index contributed by atoms with van der Waals surface area (Å²) in [4.78, 5) is 37.7. The van der Waals surface area contributed by atoms with E-state index in [1.165, 1.54) is 0 Å². The number of anilines is 1. The second kappa shape index (κ2) is 8.27. The number of rotatable bonds is 4. The van der Waals surface area contributed by atoms with Gasteiger partial charge in [0.1, 0.15) is 0 Å². The summed E-state index contributed by atoms with van der Waals surface area (Å²) in [5.41, 5.74) is 2.08. The molecule has 1 aromatic rings. The summed E-state index contributed by atoms with van der Waals surface area (Å²) in [6.07, 6.45) is 2.48. The molecular weight excluding hydrogens is 370 g/mol. The van der Waals surface area contributed by atoms with Crippen LogP contribution in [0.25, 0.3) is 0 Å². The Morgan fingerprint density at radius 2 is 2.00 bits per heavy atom. The highest BCUT2D eigenvalue weighted by Gasteiger charge is 2.54. The number of carboxylic acid groups (broad SMARTS) is 1. The fourth-order valence-corrected chi connectivity index (χ4v) is 4.21. The van der Waals surface area contributed by atoms with Crippen molar-refractivity contribution in [3.05, 3.63) is 29.3 Å². The van der Waals surface area contributed by atoms with Crippen LogP contribution >= 0.6 is 12.4 Å². The van der Waals surface area contributed by atoms with Crippen molar-refractivity contribution in [1.29, 1.82) is 0 Å². The van der Waals surface area contributed by atoms with Gasteiger partial charge in [0.2, 0.25) is 5.91 Å². The Bertz CT molecular complexity index is 754. The fraction of sp³-hybridized carbons (Fsp3) is 0.526. The highest BCUT2D eigenvalue weighted by Crippen LogP contribution is 2.48. The van der Waals surface area contributed by atoms with Gasteiger partial charge in [-0.05, 0) is 55.9 Å². The molecule has 3 N–H and O–H groups in total. The Labute approximate surface area is 164 Å². The van der Waals surface area contributed by atoms with Crippen molar-refractivity contribution >= 4 is 36.0 Å². The van der Waals surface area contributed by atoms with E-state index in [1.54, 1.807) is 6.07 Å². The third-order valence-electron chi connectivity index (χ3n) is 5.75. The molecule has 0 unspecified atom stereocenters. The molecule has 0 aromatic heterocycles. The van der Waals surface area contributed by atoms with Crippen molar-refractivity contribution < 1.29 is 19.5 Å². The lowest BCUT2D eigenvalue weighted by Crippen LogP contribution is -2.42. The number of aryl methyl sites for hydroxylation is 2. The molecule has 0 spiro atoms. The second-order valence-corrected chi connectivity index (χ2v) is 7.52. The van der Waals surface area contributed by atoms with Crippen molar-refractivity contribution in [2.45, 2.75) is 33.1 Å². The molecule has 1 saturated carbocycles. The van der Waals surface area contributed by atoms with Gasteiger partial charge < -0.3 is 10.4 Å². The summed E-state index contributed by atoms with van der Waals surface area (Å²) in [7, 11) is 0. The molecular formula is C19H26ClN3O4. The van der Waals surface area contributed by atoms with Crippen LogP contribution < -0.4 is 10.6 Å². The molecule has 148 valence electrons. The number of carbonyl (C=O) groups is 3. The van der Waals surface area contributed by atoms with Crippen LogP contribution in [0.1, 0.15) is 30.4 Å². The van der Waals surface area contributed by atoms with Crippen molar-refractivity contribution in [1.82, 2.24) is 10.2 Å². The number of nitrogens with zero attached hydrogens (tertiary/aromatic N) is 1. The zero-order chi connectivity index (χ0) is 18.9. The molecule has 1 aliphatic carbocycles. The van der Waals surface area contributed by atoms with E-state index >= 15 is 0 Å². The second-order valence-electron chi connectivity index (χ2n) is 7.52. The Morgan fingerprint density at radius 1 is 1.26 bits per heavy atom. The summed E-state index contributed by atoms with van der Waals surface area (Å²) in [5, 5.41) is 14.6. The minimum absolute atomic E-state index is 0. The topological polar surface area (TPSA) is 98.7 Å². The maximum atomic E-state index is 12.2. The molecule has 1 saturated heterocycles. The van der Waals surface area contributed by atoms with E-state index < -0.39 is 23.3 Å². The number of aliphatic carboxylic acids is 1. The monoisotopic (exact) mass is 395 g/mol. The first-order valence-corrected chi connectivity index (χ1v) is 8.94. The molecule has 1 aromatic carbocycles. The van der Waals surface area contributed by atoms with Crippen LogP contribution in [0.4, 0.5) is 10.5 Å². The van der Waals surface area contributed by atoms with Crippen LogP contribution in [0.2, 0.25) is 0 Å². The maximum absolute atomic E-state index is 12.2. The first kappa shape index (κ1) is 21.2. The number of carbonyl (C=O) groups excluding carboxylic acids is 2. The Kier molecular flexibility index (Phi) is 6.49. The van der Waals surface area contributed by atoms with E-state index in [0.29, 0.717) is 25.2 Å². The van der Waals surface area contributed by atoms with Crippen LogP contribution in [-0.2, 0) is 9.59 Å². The summed E-state index contributed by atoms with van der Waals surface area (Å²) in [6.45, 7) is 4.94. The van der Waals surface area contributed by atoms with Crippen LogP contribution in [0.5, 0.6) is 0 Å². The van der Waals surface area contributed by atoms with Crippen molar-refractivity contribution in [3.8, 4) is 0 Å². The first-order chi connectivity index (χ1) is 12.3. The quantitative estimate of drug-likeness (QED) is 0.727. The summed E-state index contributed by atoms with van der Waals surface area (Å²) in [6, 6.07) is 4.95. The number of hydrogen-bond donors (Lipinski definition) is 3. The highest BCUT2D eigenvalue weighted by atomic mass is 35.5. The number of likely N-dealkylation sites (tertiary alicyclic amines) is 1. The van der Waals surface area contributed by atoms with Crippen molar-refractivity contribution in [2.24, 2.45) is 11.3 Å². The lowest BCUT2D eigenvalue weighted by atomic mass is 9.81. The van der Waals surface area contributed by atoms with Gasteiger partial charge in [0.05, 0.1) is 12.0 Å². The van der Waals surface area contributed by atoms with Crippen molar-refractivity contribution in [3.63, 3.8) is 0 Å². The number of amides is 3. The molecule has 2 fully saturated rings. The maximum Gasteiger partial charge on any atom is 0.325 e. The third-order valence-corrected chi connectivity index (χ3v) is 5.75. The predicted molar refractivity (Wildman–Crippen MR) is 104 cm³/mol. The first-order valence-electron chi connectivity index (χ1n) is 8.94. The summed E-state index contributed by atoms with van der Waals surface area (Å²) >= 11 is 0. The van der Waals surface area contributed by atoms with E-state index in [9.17, 15) is 19.5 Å². The number of halogens is 1. The summed E-state index contributed by atoms with van der Waals surface area (Å²) < 4.78 is 0. The van der Waals surface area contributed by atoms with Crippen LogP contribution in [0.3, 0.4) is 0 Å². The predicted octanol–water partition coefficient (Wildman–Crippen LogP) is 2.56. The lowest BCUT2D eigenvalue weighted by molar-refractivity contribution is -0.149. The fourth-order valence-electron chi connectivity index (χ4n) is 4.21. The average Bonchev–Trinajstić information content (AvgIpc) is 3.08. The van der Waals surface area contributed by atoms with Gasteiger partial charge in [-0.15, -0.1) is 12.4 Å². The SMILES string of the molecule is Cc1ccc(NC(=O)NC(=O)CN2C[C@@H]3CCC[C@@]3(C(=O)O)C2)cc1C.Cl. The van der Waals surface area contributed by atoms with Gasteiger partial charge in [-0.1, -0.05) is 12.5 Å². The molecule has 0 bridgehead atoms. The van der Waals surface area contributed by atoms with Gasteiger partial charge in [0.15, 0.2) is 0 Å². The van der Waals surface area contributed by atoms with Gasteiger partial charge in [-0.25, -0.2) is 4.79 Å². The van der Waals surface area contributed by atoms with E-state index in [2.05, 4.69) is 10.6 Å². The van der Waals surface area contributed by atoms with Gasteiger partial charge >= 0.3 is 12.0 Å². The van der Waals surface area contributed by atoms with Gasteiger partial charge in [0.25, 0.3) is 0 Å². The molecule has 7 nitrogen and oxygen atoms in total. The molecule has 2 atom stereocenters. The number of hydrogen-bond acceptors (Lipinski definition) is 4. The number of imide groups is 1. The number of nitrogens with one attached hydrogen (secondary N) is 2. The van der Waals surface area contributed by atoms with E-state index in [-0.39, 0.29) is 24.9 Å². The Hall–Kier alpha value is -2.12. The van der Waals surface area contributed by atoms with Crippen LogP contribution in [0, 0.1) is 25.2 Å². The molecule has 0 radical (unpaired) electrons.